The summed E-state index contributed by atoms with van der Waals surface area (Å²) in [5.41, 5.74) is 0.204. The number of likely N-dealkylation sites (N-methyl/N-ethyl adjacent to an activating group) is 1. The van der Waals surface area contributed by atoms with E-state index in [2.05, 4.69) is 29.4 Å². The van der Waals surface area contributed by atoms with Crippen LogP contribution in [0.25, 0.3) is 0 Å². The maximum absolute atomic E-state index is 13.4. The molecular formula is C28H36Cl2F3N3O3. The van der Waals surface area contributed by atoms with Crippen molar-refractivity contribution in [2.24, 2.45) is 0 Å². The summed E-state index contributed by atoms with van der Waals surface area (Å²) in [5, 5.41) is 2.28. The van der Waals surface area contributed by atoms with E-state index < -0.39 is 22.8 Å². The van der Waals surface area contributed by atoms with Crippen LogP contribution < -0.4 is 14.8 Å². The molecule has 1 saturated heterocycles. The van der Waals surface area contributed by atoms with Crippen LogP contribution in [-0.4, -0.2) is 61.8 Å². The van der Waals surface area contributed by atoms with E-state index in [1.54, 1.807) is 19.1 Å². The zero-order valence-corrected chi connectivity index (χ0v) is 24.3. The van der Waals surface area contributed by atoms with Gasteiger partial charge in [-0.25, -0.2) is 4.79 Å². The van der Waals surface area contributed by atoms with Crippen LogP contribution in [0.5, 0.6) is 11.5 Å². The quantitative estimate of drug-likeness (QED) is 0.386. The molecule has 2 aromatic rings. The summed E-state index contributed by atoms with van der Waals surface area (Å²) in [6.45, 7) is 4.79. The second-order valence-electron chi connectivity index (χ2n) is 10.5. The molecule has 1 aliphatic heterocycles. The molecule has 0 bridgehead atoms. The van der Waals surface area contributed by atoms with Gasteiger partial charge in [-0.3, -0.25) is 0 Å². The highest BCUT2D eigenvalue weighted by Gasteiger charge is 2.52. The van der Waals surface area contributed by atoms with Crippen LogP contribution in [0, 0.1) is 0 Å². The number of urea groups is 1. The fraction of sp³-hybridized carbons (Fsp3) is 0.536. The van der Waals surface area contributed by atoms with Crippen LogP contribution in [0.15, 0.2) is 36.4 Å². The van der Waals surface area contributed by atoms with Crippen LogP contribution in [-0.2, 0) is 11.6 Å². The molecule has 2 aliphatic rings. The number of benzene rings is 2. The lowest BCUT2D eigenvalue weighted by atomic mass is 9.64. The average Bonchev–Trinajstić information content (AvgIpc) is 3.21. The van der Waals surface area contributed by atoms with E-state index >= 15 is 0 Å². The number of ether oxygens (including phenoxy) is 2. The maximum atomic E-state index is 13.4. The first-order valence-corrected chi connectivity index (χ1v) is 13.2. The number of nitrogens with one attached hydrogen (secondary N) is 1. The first-order valence-electron chi connectivity index (χ1n) is 12.8. The number of hydrogen-bond acceptors (Lipinski definition) is 4. The number of nitrogens with zero attached hydrogens (tertiary/aromatic N) is 2. The van der Waals surface area contributed by atoms with Gasteiger partial charge in [-0.15, -0.1) is 12.4 Å². The lowest BCUT2D eigenvalue weighted by molar-refractivity contribution is -0.137. The molecule has 2 fully saturated rings. The Hall–Kier alpha value is -2.36. The van der Waals surface area contributed by atoms with Gasteiger partial charge in [0.25, 0.3) is 0 Å². The lowest BCUT2D eigenvalue weighted by Gasteiger charge is -2.48. The zero-order chi connectivity index (χ0) is 27.8. The highest BCUT2D eigenvalue weighted by atomic mass is 35.5. The number of rotatable bonds is 6. The third-order valence-corrected chi connectivity index (χ3v) is 8.49. The molecular weight excluding hydrogens is 554 g/mol. The van der Waals surface area contributed by atoms with Gasteiger partial charge >= 0.3 is 12.2 Å². The number of fused-ring (bicyclic) bond motifs is 1. The minimum absolute atomic E-state index is 0. The number of amides is 2. The van der Waals surface area contributed by atoms with Gasteiger partial charge < -0.3 is 24.6 Å². The van der Waals surface area contributed by atoms with Crippen molar-refractivity contribution in [3.8, 4) is 11.5 Å². The van der Waals surface area contributed by atoms with E-state index in [4.69, 9.17) is 21.1 Å². The largest absolute Gasteiger partial charge is 0.493 e. The minimum Gasteiger partial charge on any atom is -0.493 e. The molecule has 11 heteroatoms. The van der Waals surface area contributed by atoms with Crippen LogP contribution in [0.3, 0.4) is 0 Å². The molecule has 3 unspecified atom stereocenters. The summed E-state index contributed by atoms with van der Waals surface area (Å²) >= 11 is 5.75. The SMILES string of the molecule is COc1ccc(C23CCC(N(C(=O)Nc4ccc(Cl)c(C(F)(F)F)c4)C(C)C)CC2N(C)CC3)cc1OC.Cl. The summed E-state index contributed by atoms with van der Waals surface area (Å²) in [4.78, 5) is 17.6. The molecule has 1 N–H and O–H groups in total. The second kappa shape index (κ2) is 12.0. The van der Waals surface area contributed by atoms with Gasteiger partial charge in [0, 0.05) is 29.2 Å². The second-order valence-corrected chi connectivity index (χ2v) is 10.9. The fourth-order valence-corrected chi connectivity index (χ4v) is 6.55. The Labute approximate surface area is 239 Å². The molecule has 2 amide bonds. The molecule has 6 nitrogen and oxygen atoms in total. The Morgan fingerprint density at radius 2 is 1.82 bits per heavy atom. The van der Waals surface area contributed by atoms with Gasteiger partial charge in [0.1, 0.15) is 0 Å². The molecule has 1 aliphatic carbocycles. The molecule has 3 atom stereocenters. The van der Waals surface area contributed by atoms with Crippen molar-refractivity contribution >= 4 is 35.7 Å². The monoisotopic (exact) mass is 589 g/mol. The molecule has 0 aromatic heterocycles. The Morgan fingerprint density at radius 1 is 1.13 bits per heavy atom. The van der Waals surface area contributed by atoms with Gasteiger partial charge in [0.2, 0.25) is 0 Å². The number of hydrogen-bond donors (Lipinski definition) is 1. The van der Waals surface area contributed by atoms with Gasteiger partial charge in [-0.1, -0.05) is 17.7 Å². The molecule has 216 valence electrons. The van der Waals surface area contributed by atoms with E-state index in [-0.39, 0.29) is 41.6 Å². The molecule has 39 heavy (non-hydrogen) atoms. The van der Waals surface area contributed by atoms with Gasteiger partial charge in [0.15, 0.2) is 11.5 Å². The van der Waals surface area contributed by atoms with Crippen LogP contribution in [0.4, 0.5) is 23.7 Å². The molecule has 1 heterocycles. The Kier molecular flexibility index (Phi) is 9.61. The first-order chi connectivity index (χ1) is 17.9. The highest BCUT2D eigenvalue weighted by molar-refractivity contribution is 6.31. The minimum atomic E-state index is -4.61. The number of halogens is 5. The van der Waals surface area contributed by atoms with Crippen LogP contribution >= 0.6 is 24.0 Å². The molecule has 1 saturated carbocycles. The van der Waals surface area contributed by atoms with Gasteiger partial charge in [-0.05, 0) is 89.0 Å². The number of carbonyl (C=O) groups is 1. The zero-order valence-electron chi connectivity index (χ0n) is 22.8. The van der Waals surface area contributed by atoms with E-state index in [1.807, 2.05) is 19.9 Å². The summed E-state index contributed by atoms with van der Waals surface area (Å²) in [6.07, 6.45) is -1.21. The number of carbonyl (C=O) groups excluding carboxylic acids is 1. The third-order valence-electron chi connectivity index (χ3n) is 8.17. The normalized spacial score (nSPS) is 23.1. The predicted molar refractivity (Wildman–Crippen MR) is 150 cm³/mol. The number of alkyl halides is 3. The van der Waals surface area contributed by atoms with Crippen molar-refractivity contribution in [2.45, 2.75) is 69.2 Å². The van der Waals surface area contributed by atoms with Gasteiger partial charge in [0.05, 0.1) is 24.8 Å². The van der Waals surface area contributed by atoms with Crippen LogP contribution in [0.2, 0.25) is 5.02 Å². The molecule has 2 aromatic carbocycles. The van der Waals surface area contributed by atoms with E-state index in [0.717, 1.165) is 44.4 Å². The number of likely N-dealkylation sites (tertiary alicyclic amines) is 1. The smallest absolute Gasteiger partial charge is 0.417 e. The van der Waals surface area contributed by atoms with E-state index in [0.29, 0.717) is 11.5 Å². The van der Waals surface area contributed by atoms with Crippen LogP contribution in [0.1, 0.15) is 50.7 Å². The fourth-order valence-electron chi connectivity index (χ4n) is 6.33. The highest BCUT2D eigenvalue weighted by Crippen LogP contribution is 2.51. The molecule has 0 spiro atoms. The van der Waals surface area contributed by atoms with E-state index in [9.17, 15) is 18.0 Å². The van der Waals surface area contributed by atoms with Crippen molar-refractivity contribution in [3.05, 3.63) is 52.5 Å². The lowest BCUT2D eigenvalue weighted by Crippen LogP contribution is -2.55. The number of anilines is 1. The topological polar surface area (TPSA) is 54.0 Å². The first kappa shape index (κ1) is 31.2. The molecule has 4 rings (SSSR count). The van der Waals surface area contributed by atoms with Crippen molar-refractivity contribution in [1.82, 2.24) is 9.80 Å². The summed E-state index contributed by atoms with van der Waals surface area (Å²) < 4.78 is 51.0. The Balaban J connectivity index is 0.00000420. The molecule has 0 radical (unpaired) electrons. The van der Waals surface area contributed by atoms with Gasteiger partial charge in [-0.2, -0.15) is 13.2 Å². The van der Waals surface area contributed by atoms with Crippen molar-refractivity contribution in [2.75, 3.05) is 33.1 Å². The van der Waals surface area contributed by atoms with Crippen molar-refractivity contribution < 1.29 is 27.4 Å². The van der Waals surface area contributed by atoms with Crippen molar-refractivity contribution in [1.29, 1.82) is 0 Å². The number of methoxy groups -OCH3 is 2. The summed E-state index contributed by atoms with van der Waals surface area (Å²) in [6, 6.07) is 9.12. The predicted octanol–water partition coefficient (Wildman–Crippen LogP) is 7.23. The Morgan fingerprint density at radius 3 is 2.44 bits per heavy atom. The summed E-state index contributed by atoms with van der Waals surface area (Å²) in [5.74, 6) is 1.38. The third kappa shape index (κ3) is 6.05. The average molecular weight is 591 g/mol. The Bertz CT molecular complexity index is 1180. The van der Waals surface area contributed by atoms with Crippen molar-refractivity contribution in [3.63, 3.8) is 0 Å². The van der Waals surface area contributed by atoms with E-state index in [1.165, 1.54) is 11.6 Å². The standard InChI is InChI=1S/C28H35ClF3N3O3.ClH/c1-17(2)35(26(36)33-19-7-8-22(29)21(15-19)28(30,31)32)20-10-11-27(12-13-34(3)25(27)16-20)18-6-9-23(37-4)24(14-18)38-5;/h6-9,14-15,17,20,25H,10-13,16H2,1-5H3,(H,33,36);1H. The maximum Gasteiger partial charge on any atom is 0.417 e. The summed E-state index contributed by atoms with van der Waals surface area (Å²) in [7, 11) is 5.36.